The number of aliphatic hydroxyl groups excluding tert-OH is 1. The third-order valence-electron chi connectivity index (χ3n) is 16.5. The summed E-state index contributed by atoms with van der Waals surface area (Å²) in [5.74, 6) is -1.34. The van der Waals surface area contributed by atoms with Gasteiger partial charge in [-0.05, 0) is 31.6 Å². The second-order valence-corrected chi connectivity index (χ2v) is 29.0. The van der Waals surface area contributed by atoms with Crippen LogP contribution in [-0.4, -0.2) is 96.7 Å². The predicted octanol–water partition coefficient (Wildman–Crippen LogP) is 20.5. The molecule has 534 valence electrons. The largest absolute Gasteiger partial charge is 0.472 e. The number of phosphoric acid groups is 2. The van der Waals surface area contributed by atoms with E-state index in [0.29, 0.717) is 25.7 Å². The maximum Gasteiger partial charge on any atom is 0.472 e. The van der Waals surface area contributed by atoms with Gasteiger partial charge in [0.05, 0.1) is 26.4 Å². The van der Waals surface area contributed by atoms with Crippen molar-refractivity contribution in [2.75, 3.05) is 39.6 Å². The van der Waals surface area contributed by atoms with Crippen LogP contribution < -0.4 is 0 Å². The molecule has 0 fully saturated rings. The molecular weight excluding hydrogens is 1190 g/mol. The van der Waals surface area contributed by atoms with E-state index in [1.165, 1.54) is 186 Å². The summed E-state index contributed by atoms with van der Waals surface area (Å²) in [7, 11) is -9.89. The SMILES string of the molecule is CCCCCCCCCCCCCCCCCC(=O)OC[C@H](COP(=O)(O)OC[C@@H](O)COP(=O)(O)OC[C@@H](COC(=O)CCCCCCC)OC(=O)CCCCCCCCCCCCCCCC)OC(=O)CCCCCCCCCCCCCCCC(C)C. The quantitative estimate of drug-likeness (QED) is 0.0222. The Labute approximate surface area is 549 Å². The van der Waals surface area contributed by atoms with Crippen molar-refractivity contribution in [3.05, 3.63) is 0 Å². The summed E-state index contributed by atoms with van der Waals surface area (Å²) >= 11 is 0. The van der Waals surface area contributed by atoms with Gasteiger partial charge in [-0.1, -0.05) is 317 Å². The summed E-state index contributed by atoms with van der Waals surface area (Å²) in [6.45, 7) is 7.19. The van der Waals surface area contributed by atoms with Crippen LogP contribution in [-0.2, 0) is 65.4 Å². The second-order valence-electron chi connectivity index (χ2n) is 26.1. The van der Waals surface area contributed by atoms with E-state index in [1.54, 1.807) is 0 Å². The van der Waals surface area contributed by atoms with Crippen LogP contribution in [0, 0.1) is 5.92 Å². The van der Waals surface area contributed by atoms with Gasteiger partial charge >= 0.3 is 39.5 Å². The molecule has 0 spiro atoms. The highest BCUT2D eigenvalue weighted by atomic mass is 31.2. The van der Waals surface area contributed by atoms with Crippen LogP contribution in [0.5, 0.6) is 0 Å². The third kappa shape index (κ3) is 64.8. The minimum atomic E-state index is -4.95. The molecule has 0 saturated heterocycles. The lowest BCUT2D eigenvalue weighted by molar-refractivity contribution is -0.161. The lowest BCUT2D eigenvalue weighted by Crippen LogP contribution is -2.30. The maximum atomic E-state index is 13.0. The van der Waals surface area contributed by atoms with Gasteiger partial charge in [0.15, 0.2) is 12.2 Å². The van der Waals surface area contributed by atoms with E-state index in [-0.39, 0.29) is 25.7 Å². The molecule has 5 atom stereocenters. The molecule has 3 N–H and O–H groups in total. The smallest absolute Gasteiger partial charge is 0.462 e. The molecule has 0 aliphatic carbocycles. The van der Waals surface area contributed by atoms with Crippen molar-refractivity contribution in [1.29, 1.82) is 0 Å². The second kappa shape index (κ2) is 64.4. The van der Waals surface area contributed by atoms with Crippen LogP contribution >= 0.6 is 15.6 Å². The van der Waals surface area contributed by atoms with Gasteiger partial charge in [0, 0.05) is 25.7 Å². The van der Waals surface area contributed by atoms with Crippen LogP contribution in [0.3, 0.4) is 0 Å². The van der Waals surface area contributed by atoms with Crippen molar-refractivity contribution in [1.82, 2.24) is 0 Å². The standard InChI is InChI=1S/C71H138O17P2/c1-6-9-12-15-17-19-21-23-25-29-32-36-40-45-50-55-69(74)82-61-67(88-71(76)57-52-47-42-38-34-30-26-27-31-35-39-44-48-53-64(4)5)63-86-90(79,80)84-59-65(72)58-83-89(77,78)85-62-66(60-81-68(73)54-49-43-14-11-8-3)87-70(75)56-51-46-41-37-33-28-24-22-20-18-16-13-10-7-2/h64-67,72H,6-63H2,1-5H3,(H,77,78)(H,79,80)/t65-,66+,67+/m0/s1. The molecule has 0 aliphatic rings. The van der Waals surface area contributed by atoms with Crippen LogP contribution in [0.25, 0.3) is 0 Å². The molecule has 0 saturated carbocycles. The van der Waals surface area contributed by atoms with Gasteiger partial charge in [0.2, 0.25) is 0 Å². The average molecular weight is 1330 g/mol. The van der Waals surface area contributed by atoms with E-state index in [1.807, 2.05) is 0 Å². The van der Waals surface area contributed by atoms with Gasteiger partial charge in [-0.3, -0.25) is 37.3 Å². The highest BCUT2D eigenvalue weighted by molar-refractivity contribution is 7.47. The third-order valence-corrected chi connectivity index (χ3v) is 18.4. The normalized spacial score (nSPS) is 14.1. The fraction of sp³-hybridized carbons (Fsp3) is 0.944. The van der Waals surface area contributed by atoms with Crippen LogP contribution in [0.15, 0.2) is 0 Å². The molecule has 0 heterocycles. The summed E-state index contributed by atoms with van der Waals surface area (Å²) < 4.78 is 68.1. The van der Waals surface area contributed by atoms with Crippen molar-refractivity contribution in [2.24, 2.45) is 5.92 Å². The first kappa shape index (κ1) is 88.1. The Bertz CT molecular complexity index is 1740. The molecule has 0 aliphatic heterocycles. The van der Waals surface area contributed by atoms with Crippen LogP contribution in [0.4, 0.5) is 0 Å². The Morgan fingerprint density at radius 3 is 0.756 bits per heavy atom. The Kier molecular flexibility index (Phi) is 63.0. The Hall–Kier alpha value is -1.94. The van der Waals surface area contributed by atoms with E-state index in [4.69, 9.17) is 37.0 Å². The minimum absolute atomic E-state index is 0.107. The number of rotatable bonds is 71. The number of unbranched alkanes of at least 4 members (excludes halogenated alkanes) is 43. The van der Waals surface area contributed by atoms with Crippen molar-refractivity contribution in [2.45, 2.75) is 387 Å². The van der Waals surface area contributed by atoms with Crippen LogP contribution in [0.2, 0.25) is 0 Å². The van der Waals surface area contributed by atoms with Crippen LogP contribution in [0.1, 0.15) is 369 Å². The molecule has 0 aromatic heterocycles. The molecular formula is C71H138O17P2. The lowest BCUT2D eigenvalue weighted by atomic mass is 10.0. The molecule has 0 bridgehead atoms. The van der Waals surface area contributed by atoms with E-state index < -0.39 is 97.5 Å². The van der Waals surface area contributed by atoms with Gasteiger partial charge in [-0.2, -0.15) is 0 Å². The minimum Gasteiger partial charge on any atom is -0.462 e. The van der Waals surface area contributed by atoms with Crippen molar-refractivity contribution >= 4 is 39.5 Å². The summed E-state index contributed by atoms with van der Waals surface area (Å²) in [5.41, 5.74) is 0. The molecule has 19 heteroatoms. The highest BCUT2D eigenvalue weighted by Gasteiger charge is 2.30. The summed E-state index contributed by atoms with van der Waals surface area (Å²) in [5, 5.41) is 10.6. The summed E-state index contributed by atoms with van der Waals surface area (Å²) in [6, 6.07) is 0. The molecule has 17 nitrogen and oxygen atoms in total. The molecule has 0 rings (SSSR count). The molecule has 0 amide bonds. The average Bonchev–Trinajstić information content (AvgIpc) is 3.56. The van der Waals surface area contributed by atoms with E-state index in [9.17, 15) is 43.2 Å². The Balaban J connectivity index is 5.15. The number of hydrogen-bond donors (Lipinski definition) is 3. The molecule has 2 unspecified atom stereocenters. The van der Waals surface area contributed by atoms with Crippen molar-refractivity contribution in [3.63, 3.8) is 0 Å². The number of ether oxygens (including phenoxy) is 4. The zero-order valence-electron chi connectivity index (χ0n) is 58.3. The Morgan fingerprint density at radius 2 is 0.511 bits per heavy atom. The highest BCUT2D eigenvalue weighted by Crippen LogP contribution is 2.45. The number of carbonyl (C=O) groups is 4. The molecule has 90 heavy (non-hydrogen) atoms. The van der Waals surface area contributed by atoms with Gasteiger partial charge in [-0.15, -0.1) is 0 Å². The van der Waals surface area contributed by atoms with Crippen molar-refractivity contribution in [3.8, 4) is 0 Å². The van der Waals surface area contributed by atoms with Gasteiger partial charge in [-0.25, -0.2) is 9.13 Å². The molecule has 0 aromatic rings. The monoisotopic (exact) mass is 1320 g/mol. The number of aliphatic hydroxyl groups is 1. The zero-order chi connectivity index (χ0) is 66.3. The topological polar surface area (TPSA) is 237 Å². The van der Waals surface area contributed by atoms with Crippen molar-refractivity contribution < 1.29 is 80.2 Å². The van der Waals surface area contributed by atoms with Gasteiger partial charge < -0.3 is 33.8 Å². The first-order valence-electron chi connectivity index (χ1n) is 37.1. The number of carbonyl (C=O) groups excluding carboxylic acids is 4. The predicted molar refractivity (Wildman–Crippen MR) is 363 cm³/mol. The van der Waals surface area contributed by atoms with E-state index in [2.05, 4.69) is 34.6 Å². The summed E-state index contributed by atoms with van der Waals surface area (Å²) in [4.78, 5) is 72.3. The molecule has 0 radical (unpaired) electrons. The maximum absolute atomic E-state index is 13.0. The first-order chi connectivity index (χ1) is 43.5. The fourth-order valence-electron chi connectivity index (χ4n) is 10.8. The molecule has 0 aromatic carbocycles. The summed E-state index contributed by atoms with van der Waals surface area (Å²) in [6.07, 6.45) is 51.6. The number of esters is 4. The zero-order valence-corrected chi connectivity index (χ0v) is 60.1. The van der Waals surface area contributed by atoms with Gasteiger partial charge in [0.25, 0.3) is 0 Å². The fourth-order valence-corrected chi connectivity index (χ4v) is 12.4. The Morgan fingerprint density at radius 1 is 0.300 bits per heavy atom. The van der Waals surface area contributed by atoms with Gasteiger partial charge in [0.1, 0.15) is 19.3 Å². The first-order valence-corrected chi connectivity index (χ1v) is 40.1. The number of hydrogen-bond acceptors (Lipinski definition) is 15. The van der Waals surface area contributed by atoms with E-state index >= 15 is 0 Å². The number of phosphoric ester groups is 2. The lowest BCUT2D eigenvalue weighted by Gasteiger charge is -2.21. The van der Waals surface area contributed by atoms with E-state index in [0.717, 1.165) is 102 Å².